The Morgan fingerprint density at radius 3 is 2.74 bits per heavy atom. The molecule has 0 aliphatic carbocycles. The molecule has 1 aromatic heterocycles. The van der Waals surface area contributed by atoms with Gasteiger partial charge >= 0.3 is 0 Å². The van der Waals surface area contributed by atoms with Crippen LogP contribution in [0.3, 0.4) is 0 Å². The van der Waals surface area contributed by atoms with Crippen molar-refractivity contribution in [1.82, 2.24) is 14.7 Å². The second-order valence-electron chi connectivity index (χ2n) is 5.15. The molecule has 0 spiro atoms. The number of hydrogen-bond acceptors (Lipinski definition) is 3. The van der Waals surface area contributed by atoms with Crippen LogP contribution in [0.15, 0.2) is 18.2 Å². The molecule has 104 valence electrons. The van der Waals surface area contributed by atoms with Gasteiger partial charge in [-0.15, -0.1) is 0 Å². The Kier molecular flexibility index (Phi) is 3.91. The van der Waals surface area contributed by atoms with Gasteiger partial charge in [-0.25, -0.2) is 18.1 Å². The Bertz CT molecular complexity index is 674. The third kappa shape index (κ3) is 3.54. The van der Waals surface area contributed by atoms with E-state index in [1.807, 2.05) is 39.0 Å². The van der Waals surface area contributed by atoms with Gasteiger partial charge in [0, 0.05) is 0 Å². The second-order valence-corrected chi connectivity index (χ2v) is 7.00. The fourth-order valence-electron chi connectivity index (χ4n) is 1.99. The number of sulfonamides is 1. The van der Waals surface area contributed by atoms with Crippen LogP contribution in [0.4, 0.5) is 0 Å². The summed E-state index contributed by atoms with van der Waals surface area (Å²) < 4.78 is 26.1. The molecular weight excluding hydrogens is 262 g/mol. The number of nitrogens with one attached hydrogen (secondary N) is 2. The van der Waals surface area contributed by atoms with Gasteiger partial charge in [0.2, 0.25) is 10.0 Å². The largest absolute Gasteiger partial charge is 0.341 e. The molecule has 0 unspecified atom stereocenters. The Hall–Kier alpha value is -1.40. The van der Waals surface area contributed by atoms with Gasteiger partial charge in [-0.1, -0.05) is 26.0 Å². The lowest BCUT2D eigenvalue weighted by molar-refractivity contribution is 0.566. The fourth-order valence-corrected chi connectivity index (χ4v) is 3.34. The first-order chi connectivity index (χ1) is 8.87. The van der Waals surface area contributed by atoms with E-state index >= 15 is 0 Å². The monoisotopic (exact) mass is 281 g/mol. The van der Waals surface area contributed by atoms with E-state index in [9.17, 15) is 8.42 Å². The molecule has 0 radical (unpaired) electrons. The second kappa shape index (κ2) is 5.30. The molecule has 1 heterocycles. The highest BCUT2D eigenvalue weighted by atomic mass is 32.2. The summed E-state index contributed by atoms with van der Waals surface area (Å²) in [7, 11) is -3.24. The molecule has 0 saturated heterocycles. The van der Waals surface area contributed by atoms with Crippen molar-refractivity contribution in [3.63, 3.8) is 0 Å². The van der Waals surface area contributed by atoms with E-state index in [1.54, 1.807) is 0 Å². The lowest BCUT2D eigenvalue weighted by Gasteiger charge is -2.07. The standard InChI is InChI=1S/C13H19N3O2S/c1-9(2)8-19(17,18)14-7-12-15-11-6-4-5-10(3)13(11)16-12/h4-6,9,14H,7-8H2,1-3H3,(H,15,16). The fraction of sp³-hybridized carbons (Fsp3) is 0.462. The summed E-state index contributed by atoms with van der Waals surface area (Å²) in [6, 6.07) is 5.86. The van der Waals surface area contributed by atoms with Crippen LogP contribution in [0.1, 0.15) is 25.2 Å². The van der Waals surface area contributed by atoms with Crippen LogP contribution < -0.4 is 4.72 Å². The van der Waals surface area contributed by atoms with Gasteiger partial charge in [-0.2, -0.15) is 0 Å². The Labute approximate surface area is 113 Å². The molecule has 1 aromatic carbocycles. The van der Waals surface area contributed by atoms with Gasteiger partial charge in [-0.3, -0.25) is 0 Å². The Morgan fingerprint density at radius 1 is 1.37 bits per heavy atom. The highest BCUT2D eigenvalue weighted by molar-refractivity contribution is 7.89. The minimum Gasteiger partial charge on any atom is -0.341 e. The molecule has 0 atom stereocenters. The first kappa shape index (κ1) is 14.0. The van der Waals surface area contributed by atoms with Crippen molar-refractivity contribution < 1.29 is 8.42 Å². The topological polar surface area (TPSA) is 74.8 Å². The summed E-state index contributed by atoms with van der Waals surface area (Å²) in [6.07, 6.45) is 0. The molecule has 0 amide bonds. The van der Waals surface area contributed by atoms with E-state index in [0.717, 1.165) is 16.6 Å². The molecule has 0 fully saturated rings. The van der Waals surface area contributed by atoms with Gasteiger partial charge in [-0.05, 0) is 24.5 Å². The van der Waals surface area contributed by atoms with Crippen molar-refractivity contribution in [2.45, 2.75) is 27.3 Å². The molecule has 0 aliphatic rings. The number of benzene rings is 1. The quantitative estimate of drug-likeness (QED) is 0.879. The van der Waals surface area contributed by atoms with Crippen molar-refractivity contribution in [3.05, 3.63) is 29.6 Å². The van der Waals surface area contributed by atoms with Crippen LogP contribution in [0.5, 0.6) is 0 Å². The maximum atomic E-state index is 11.7. The molecule has 2 aromatic rings. The van der Waals surface area contributed by atoms with E-state index in [4.69, 9.17) is 0 Å². The van der Waals surface area contributed by atoms with Crippen molar-refractivity contribution in [2.24, 2.45) is 5.92 Å². The summed E-state index contributed by atoms with van der Waals surface area (Å²) in [4.78, 5) is 7.54. The first-order valence-electron chi connectivity index (χ1n) is 6.29. The lowest BCUT2D eigenvalue weighted by atomic mass is 10.2. The predicted molar refractivity (Wildman–Crippen MR) is 76.3 cm³/mol. The van der Waals surface area contributed by atoms with Crippen LogP contribution in [-0.4, -0.2) is 24.1 Å². The zero-order valence-electron chi connectivity index (χ0n) is 11.4. The molecule has 6 heteroatoms. The predicted octanol–water partition coefficient (Wildman–Crippen LogP) is 1.95. The number of imidazole rings is 1. The van der Waals surface area contributed by atoms with Crippen molar-refractivity contribution in [2.75, 3.05) is 5.75 Å². The summed E-state index contributed by atoms with van der Waals surface area (Å²) in [5, 5.41) is 0. The molecule has 5 nitrogen and oxygen atoms in total. The van der Waals surface area contributed by atoms with Crippen molar-refractivity contribution in [3.8, 4) is 0 Å². The summed E-state index contributed by atoms with van der Waals surface area (Å²) in [5.41, 5.74) is 2.89. The maximum Gasteiger partial charge on any atom is 0.212 e. The number of aryl methyl sites for hydroxylation is 1. The van der Waals surface area contributed by atoms with Crippen LogP contribution >= 0.6 is 0 Å². The van der Waals surface area contributed by atoms with Crippen molar-refractivity contribution in [1.29, 1.82) is 0 Å². The van der Waals surface area contributed by atoms with Crippen LogP contribution in [0.25, 0.3) is 11.0 Å². The first-order valence-corrected chi connectivity index (χ1v) is 7.94. The minimum absolute atomic E-state index is 0.107. The van der Waals surface area contributed by atoms with Gasteiger partial charge < -0.3 is 4.98 Å². The zero-order chi connectivity index (χ0) is 14.0. The van der Waals surface area contributed by atoms with Gasteiger partial charge in [0.1, 0.15) is 5.82 Å². The molecule has 0 aliphatic heterocycles. The average Bonchev–Trinajstić information content (AvgIpc) is 2.69. The highest BCUT2D eigenvalue weighted by Gasteiger charge is 2.13. The third-order valence-electron chi connectivity index (χ3n) is 2.78. The van der Waals surface area contributed by atoms with Gasteiger partial charge in [0.25, 0.3) is 0 Å². The zero-order valence-corrected chi connectivity index (χ0v) is 12.2. The number of para-hydroxylation sites is 1. The van der Waals surface area contributed by atoms with Crippen LogP contribution in [0, 0.1) is 12.8 Å². The third-order valence-corrected chi connectivity index (χ3v) is 4.47. The average molecular weight is 281 g/mol. The summed E-state index contributed by atoms with van der Waals surface area (Å²) in [5.74, 6) is 0.874. The summed E-state index contributed by atoms with van der Waals surface area (Å²) in [6.45, 7) is 5.94. The van der Waals surface area contributed by atoms with Gasteiger partial charge in [0.15, 0.2) is 0 Å². The van der Waals surface area contributed by atoms with E-state index in [0.29, 0.717) is 5.82 Å². The number of H-pyrrole nitrogens is 1. The van der Waals surface area contributed by atoms with E-state index < -0.39 is 10.0 Å². The Morgan fingerprint density at radius 2 is 2.11 bits per heavy atom. The van der Waals surface area contributed by atoms with Crippen LogP contribution in [-0.2, 0) is 16.6 Å². The molecule has 2 rings (SSSR count). The number of rotatable bonds is 5. The van der Waals surface area contributed by atoms with Crippen LogP contribution in [0.2, 0.25) is 0 Å². The minimum atomic E-state index is -3.24. The highest BCUT2D eigenvalue weighted by Crippen LogP contribution is 2.15. The lowest BCUT2D eigenvalue weighted by Crippen LogP contribution is -2.28. The van der Waals surface area contributed by atoms with Crippen molar-refractivity contribution >= 4 is 21.1 Å². The summed E-state index contributed by atoms with van der Waals surface area (Å²) >= 11 is 0. The van der Waals surface area contributed by atoms with E-state index in [-0.39, 0.29) is 18.2 Å². The Balaban J connectivity index is 2.12. The molecule has 0 saturated carbocycles. The number of fused-ring (bicyclic) bond motifs is 1. The molecule has 0 bridgehead atoms. The van der Waals surface area contributed by atoms with E-state index in [1.165, 1.54) is 0 Å². The molecule has 2 N–H and O–H groups in total. The normalized spacial score (nSPS) is 12.4. The SMILES string of the molecule is Cc1cccc2[nH]c(CNS(=O)(=O)CC(C)C)nc12. The van der Waals surface area contributed by atoms with E-state index in [2.05, 4.69) is 14.7 Å². The van der Waals surface area contributed by atoms with Gasteiger partial charge in [0.05, 0.1) is 23.3 Å². The number of aromatic amines is 1. The molecular formula is C13H19N3O2S. The molecule has 19 heavy (non-hydrogen) atoms. The number of aromatic nitrogens is 2. The number of hydrogen-bond donors (Lipinski definition) is 2. The maximum absolute atomic E-state index is 11.7. The smallest absolute Gasteiger partial charge is 0.212 e. The number of nitrogens with zero attached hydrogens (tertiary/aromatic N) is 1.